The van der Waals surface area contributed by atoms with Crippen molar-refractivity contribution in [3.05, 3.63) is 29.3 Å². The Hall–Kier alpha value is -1.06. The first-order chi connectivity index (χ1) is 9.38. The number of ether oxygens (including phenoxy) is 1. The summed E-state index contributed by atoms with van der Waals surface area (Å²) < 4.78 is 5.81. The Morgan fingerprint density at radius 3 is 2.89 bits per heavy atom. The quantitative estimate of drug-likeness (QED) is 0.646. The van der Waals surface area contributed by atoms with E-state index in [4.69, 9.17) is 10.6 Å². The van der Waals surface area contributed by atoms with Crippen LogP contribution < -0.4 is 16.0 Å². The summed E-state index contributed by atoms with van der Waals surface area (Å²) >= 11 is 0. The molecule has 19 heavy (non-hydrogen) atoms. The normalized spacial score (nSPS) is 20.9. The van der Waals surface area contributed by atoms with E-state index in [0.717, 1.165) is 31.1 Å². The maximum absolute atomic E-state index is 5.81. The predicted octanol–water partition coefficient (Wildman–Crippen LogP) is 3.10. The monoisotopic (exact) mass is 260 g/mol. The minimum Gasteiger partial charge on any atom is -0.493 e. The highest BCUT2D eigenvalue weighted by molar-refractivity contribution is 5.45. The average molecular weight is 260 g/mol. The topological polar surface area (TPSA) is 47.3 Å². The zero-order valence-electron chi connectivity index (χ0n) is 11.5. The van der Waals surface area contributed by atoms with Crippen molar-refractivity contribution in [2.45, 2.75) is 51.0 Å². The van der Waals surface area contributed by atoms with Crippen LogP contribution in [0.25, 0.3) is 0 Å². The smallest absolute Gasteiger partial charge is 0.127 e. The third kappa shape index (κ3) is 2.77. The fourth-order valence-corrected chi connectivity index (χ4v) is 3.56. The van der Waals surface area contributed by atoms with Crippen molar-refractivity contribution in [1.82, 2.24) is 5.43 Å². The van der Waals surface area contributed by atoms with Crippen molar-refractivity contribution in [2.75, 3.05) is 6.61 Å². The highest BCUT2D eigenvalue weighted by Gasteiger charge is 2.24. The van der Waals surface area contributed by atoms with Crippen LogP contribution in [0.5, 0.6) is 5.75 Å². The van der Waals surface area contributed by atoms with E-state index in [1.54, 1.807) is 0 Å². The molecular formula is C16H24N2O. The van der Waals surface area contributed by atoms with Gasteiger partial charge in [0.15, 0.2) is 0 Å². The number of rotatable bonds is 4. The van der Waals surface area contributed by atoms with Crippen LogP contribution in [-0.4, -0.2) is 6.61 Å². The van der Waals surface area contributed by atoms with Crippen LogP contribution in [0.15, 0.2) is 18.2 Å². The third-order valence-electron chi connectivity index (χ3n) is 4.62. The van der Waals surface area contributed by atoms with Crippen molar-refractivity contribution in [3.63, 3.8) is 0 Å². The van der Waals surface area contributed by atoms with E-state index < -0.39 is 0 Å². The molecule has 1 unspecified atom stereocenters. The number of nitrogens with two attached hydrogens (primary N) is 1. The van der Waals surface area contributed by atoms with Gasteiger partial charge in [0, 0.05) is 18.0 Å². The first kappa shape index (κ1) is 12.9. The molecule has 1 aromatic carbocycles. The zero-order valence-corrected chi connectivity index (χ0v) is 11.5. The summed E-state index contributed by atoms with van der Waals surface area (Å²) in [7, 11) is 0. The van der Waals surface area contributed by atoms with Gasteiger partial charge in [0.2, 0.25) is 0 Å². The van der Waals surface area contributed by atoms with E-state index in [9.17, 15) is 0 Å². The molecule has 1 aliphatic heterocycles. The molecule has 3 rings (SSSR count). The van der Waals surface area contributed by atoms with Gasteiger partial charge >= 0.3 is 0 Å². The lowest BCUT2D eigenvalue weighted by molar-refractivity contribution is 0.294. The van der Waals surface area contributed by atoms with E-state index in [1.165, 1.54) is 43.2 Å². The average Bonchev–Trinajstić information content (AvgIpc) is 2.94. The molecule has 1 heterocycles. The maximum Gasteiger partial charge on any atom is 0.127 e. The van der Waals surface area contributed by atoms with Crippen LogP contribution in [0.4, 0.5) is 0 Å². The molecule has 1 saturated carbocycles. The molecule has 1 fully saturated rings. The Balaban J connectivity index is 1.76. The fourth-order valence-electron chi connectivity index (χ4n) is 3.56. The molecule has 3 heteroatoms. The molecule has 1 atom stereocenters. The lowest BCUT2D eigenvalue weighted by atomic mass is 9.83. The molecule has 0 amide bonds. The minimum absolute atomic E-state index is 0.233. The van der Waals surface area contributed by atoms with Crippen molar-refractivity contribution >= 4 is 0 Å². The second kappa shape index (κ2) is 5.93. The van der Waals surface area contributed by atoms with Gasteiger partial charge in [-0.05, 0) is 17.9 Å². The van der Waals surface area contributed by atoms with E-state index >= 15 is 0 Å². The molecule has 2 aliphatic rings. The maximum atomic E-state index is 5.81. The SMILES string of the molecule is NNC(CC1CCCCC1)c1cccc2c1OCC2. The van der Waals surface area contributed by atoms with Crippen LogP contribution in [0.3, 0.4) is 0 Å². The van der Waals surface area contributed by atoms with E-state index in [2.05, 4.69) is 23.6 Å². The van der Waals surface area contributed by atoms with Crippen molar-refractivity contribution in [3.8, 4) is 5.75 Å². The Labute approximate surface area is 115 Å². The standard InChI is InChI=1S/C16H24N2O/c17-18-15(11-12-5-2-1-3-6-12)14-8-4-7-13-9-10-19-16(13)14/h4,7-8,12,15,18H,1-3,5-6,9-11,17H2. The predicted molar refractivity (Wildman–Crippen MR) is 76.9 cm³/mol. The Morgan fingerprint density at radius 1 is 1.26 bits per heavy atom. The molecule has 1 aromatic rings. The van der Waals surface area contributed by atoms with E-state index in [-0.39, 0.29) is 6.04 Å². The molecule has 3 N–H and O–H groups in total. The molecule has 0 saturated heterocycles. The van der Waals surface area contributed by atoms with Crippen LogP contribution in [-0.2, 0) is 6.42 Å². The van der Waals surface area contributed by atoms with Gasteiger partial charge in [-0.1, -0.05) is 50.3 Å². The number of benzene rings is 1. The zero-order chi connectivity index (χ0) is 13.1. The number of nitrogens with one attached hydrogen (secondary N) is 1. The summed E-state index contributed by atoms with van der Waals surface area (Å²) in [6.07, 6.45) is 9.04. The van der Waals surface area contributed by atoms with E-state index in [0.29, 0.717) is 0 Å². The first-order valence-electron chi connectivity index (χ1n) is 7.59. The summed E-state index contributed by atoms with van der Waals surface area (Å²) in [4.78, 5) is 0. The molecule has 0 bridgehead atoms. The van der Waals surface area contributed by atoms with Gasteiger partial charge in [-0.3, -0.25) is 11.3 Å². The largest absolute Gasteiger partial charge is 0.493 e. The Morgan fingerprint density at radius 2 is 2.11 bits per heavy atom. The first-order valence-corrected chi connectivity index (χ1v) is 7.59. The summed E-state index contributed by atoms with van der Waals surface area (Å²) in [5, 5.41) is 0. The lowest BCUT2D eigenvalue weighted by Gasteiger charge is -2.27. The summed E-state index contributed by atoms with van der Waals surface area (Å²) in [6, 6.07) is 6.70. The third-order valence-corrected chi connectivity index (χ3v) is 4.62. The molecule has 104 valence electrons. The summed E-state index contributed by atoms with van der Waals surface area (Å²) in [5.74, 6) is 7.71. The van der Waals surface area contributed by atoms with Gasteiger partial charge in [-0.15, -0.1) is 0 Å². The number of hydrogen-bond acceptors (Lipinski definition) is 3. The molecule has 1 aliphatic carbocycles. The minimum atomic E-state index is 0.233. The summed E-state index contributed by atoms with van der Waals surface area (Å²) in [6.45, 7) is 0.813. The fraction of sp³-hybridized carbons (Fsp3) is 0.625. The Kier molecular flexibility index (Phi) is 4.04. The van der Waals surface area contributed by atoms with Gasteiger partial charge in [-0.25, -0.2) is 0 Å². The second-order valence-corrected chi connectivity index (χ2v) is 5.89. The molecular weight excluding hydrogens is 236 g/mol. The number of fused-ring (bicyclic) bond motifs is 1. The van der Waals surface area contributed by atoms with Crippen LogP contribution in [0.1, 0.15) is 55.7 Å². The van der Waals surface area contributed by atoms with Crippen molar-refractivity contribution < 1.29 is 4.74 Å². The molecule has 0 spiro atoms. The van der Waals surface area contributed by atoms with Crippen LogP contribution in [0, 0.1) is 5.92 Å². The van der Waals surface area contributed by atoms with E-state index in [1.807, 2.05) is 0 Å². The van der Waals surface area contributed by atoms with Crippen LogP contribution in [0.2, 0.25) is 0 Å². The van der Waals surface area contributed by atoms with Gasteiger partial charge in [-0.2, -0.15) is 0 Å². The highest BCUT2D eigenvalue weighted by atomic mass is 16.5. The van der Waals surface area contributed by atoms with Gasteiger partial charge in [0.1, 0.15) is 5.75 Å². The molecule has 0 radical (unpaired) electrons. The van der Waals surface area contributed by atoms with Gasteiger partial charge < -0.3 is 4.74 Å². The van der Waals surface area contributed by atoms with Gasteiger partial charge in [0.05, 0.1) is 6.61 Å². The molecule has 3 nitrogen and oxygen atoms in total. The van der Waals surface area contributed by atoms with Crippen LogP contribution >= 0.6 is 0 Å². The summed E-state index contributed by atoms with van der Waals surface area (Å²) in [5.41, 5.74) is 5.60. The van der Waals surface area contributed by atoms with Crippen molar-refractivity contribution in [2.24, 2.45) is 11.8 Å². The second-order valence-electron chi connectivity index (χ2n) is 5.89. The number of hydrazine groups is 1. The van der Waals surface area contributed by atoms with Crippen molar-refractivity contribution in [1.29, 1.82) is 0 Å². The lowest BCUT2D eigenvalue weighted by Crippen LogP contribution is -2.30. The number of hydrogen-bond donors (Lipinski definition) is 2. The van der Waals surface area contributed by atoms with Gasteiger partial charge in [0.25, 0.3) is 0 Å². The number of para-hydroxylation sites is 1. The highest BCUT2D eigenvalue weighted by Crippen LogP contribution is 2.38. The Bertz CT molecular complexity index is 427. The molecule has 0 aromatic heterocycles.